The van der Waals surface area contributed by atoms with Crippen LogP contribution in [-0.2, 0) is 20.9 Å². The van der Waals surface area contributed by atoms with Gasteiger partial charge in [0.25, 0.3) is 11.8 Å². The minimum atomic E-state index is -0.669. The van der Waals surface area contributed by atoms with Crippen molar-refractivity contribution >= 4 is 45.8 Å². The van der Waals surface area contributed by atoms with Crippen molar-refractivity contribution < 1.29 is 33.1 Å². The molecule has 3 N–H and O–H groups in total. The summed E-state index contributed by atoms with van der Waals surface area (Å²) in [5.41, 5.74) is 5.55. The van der Waals surface area contributed by atoms with Crippen LogP contribution in [0.3, 0.4) is 0 Å². The van der Waals surface area contributed by atoms with Crippen molar-refractivity contribution in [1.82, 2.24) is 10.2 Å². The number of ether oxygens (including phenoxy) is 2. The van der Waals surface area contributed by atoms with Crippen molar-refractivity contribution in [2.75, 3.05) is 13.7 Å². The molecule has 0 spiro atoms. The van der Waals surface area contributed by atoms with Crippen LogP contribution in [-0.4, -0.2) is 42.4 Å². The maximum Gasteiger partial charge on any atom is 0.373 e. The Balaban J connectivity index is 1.81. The molecule has 2 heterocycles. The molecule has 0 atom stereocenters. The molecule has 1 aromatic heterocycles. The van der Waals surface area contributed by atoms with Gasteiger partial charge in [0, 0.05) is 10.0 Å². The zero-order valence-electron chi connectivity index (χ0n) is 15.6. The number of furan rings is 1. The average Bonchev–Trinajstić information content (AvgIpc) is 3.27. The van der Waals surface area contributed by atoms with Crippen molar-refractivity contribution in [2.45, 2.75) is 6.54 Å². The number of nitrogens with two attached hydrogens (primary N) is 1. The number of imide groups is 1. The quantitative estimate of drug-likeness (QED) is 0.351. The lowest BCUT2D eigenvalue weighted by Crippen LogP contribution is -2.30. The summed E-state index contributed by atoms with van der Waals surface area (Å²) in [5.74, 6) is -1.43. The van der Waals surface area contributed by atoms with Crippen LogP contribution in [0.2, 0.25) is 0 Å². The van der Waals surface area contributed by atoms with Crippen molar-refractivity contribution in [3.8, 4) is 5.75 Å². The summed E-state index contributed by atoms with van der Waals surface area (Å²) in [4.78, 5) is 48.4. The van der Waals surface area contributed by atoms with Crippen LogP contribution in [0.15, 0.2) is 44.9 Å². The number of methoxy groups -OCH3 is 1. The van der Waals surface area contributed by atoms with Crippen LogP contribution >= 0.6 is 15.9 Å². The predicted octanol–water partition coefficient (Wildman–Crippen LogP) is 1.79. The highest BCUT2D eigenvalue weighted by atomic mass is 79.9. The van der Waals surface area contributed by atoms with Crippen LogP contribution in [0.4, 0.5) is 4.79 Å². The number of rotatable bonds is 7. The SMILES string of the molecule is COC(=O)c1ccc(CN2C(=O)N/C(=C\c3cc(Br)ccc3OCC(N)=O)C2=O)o1. The van der Waals surface area contributed by atoms with Crippen molar-refractivity contribution in [3.63, 3.8) is 0 Å². The summed E-state index contributed by atoms with van der Waals surface area (Å²) in [6, 6.07) is 7.14. The first-order chi connectivity index (χ1) is 14.3. The first kappa shape index (κ1) is 21.1. The Morgan fingerprint density at radius 1 is 1.27 bits per heavy atom. The predicted molar refractivity (Wildman–Crippen MR) is 106 cm³/mol. The number of urea groups is 1. The minimum Gasteiger partial charge on any atom is -0.483 e. The number of nitrogens with zero attached hydrogens (tertiary/aromatic N) is 1. The van der Waals surface area contributed by atoms with Gasteiger partial charge in [0.15, 0.2) is 6.61 Å². The lowest BCUT2D eigenvalue weighted by Gasteiger charge is -2.10. The smallest absolute Gasteiger partial charge is 0.373 e. The van der Waals surface area contributed by atoms with Crippen LogP contribution in [0.5, 0.6) is 5.75 Å². The highest BCUT2D eigenvalue weighted by Gasteiger charge is 2.34. The second-order valence-corrected chi connectivity index (χ2v) is 6.99. The Kier molecular flexibility index (Phi) is 6.21. The highest BCUT2D eigenvalue weighted by Crippen LogP contribution is 2.27. The monoisotopic (exact) mass is 477 g/mol. The minimum absolute atomic E-state index is 0.00164. The van der Waals surface area contributed by atoms with E-state index in [1.165, 1.54) is 25.3 Å². The molecule has 0 aliphatic carbocycles. The molecule has 0 unspecified atom stereocenters. The number of hydrogen-bond donors (Lipinski definition) is 2. The van der Waals surface area contributed by atoms with Crippen molar-refractivity contribution in [1.29, 1.82) is 0 Å². The zero-order chi connectivity index (χ0) is 21.8. The molecular formula is C19H16BrN3O7. The third-order valence-electron chi connectivity index (χ3n) is 3.97. The summed E-state index contributed by atoms with van der Waals surface area (Å²) in [5, 5.41) is 2.48. The number of carbonyl (C=O) groups is 4. The van der Waals surface area contributed by atoms with Gasteiger partial charge in [-0.25, -0.2) is 9.59 Å². The summed E-state index contributed by atoms with van der Waals surface area (Å²) >= 11 is 3.32. The van der Waals surface area contributed by atoms with E-state index < -0.39 is 23.8 Å². The van der Waals surface area contributed by atoms with Gasteiger partial charge in [-0.3, -0.25) is 14.5 Å². The van der Waals surface area contributed by atoms with Gasteiger partial charge in [0.05, 0.1) is 13.7 Å². The number of primary amides is 1. The molecule has 2 aromatic rings. The van der Waals surface area contributed by atoms with E-state index in [0.717, 1.165) is 4.90 Å². The van der Waals surface area contributed by atoms with Crippen LogP contribution in [0.25, 0.3) is 6.08 Å². The van der Waals surface area contributed by atoms with E-state index in [2.05, 4.69) is 26.0 Å². The Bertz CT molecular complexity index is 1060. The van der Waals surface area contributed by atoms with E-state index in [4.69, 9.17) is 14.9 Å². The van der Waals surface area contributed by atoms with E-state index in [9.17, 15) is 19.2 Å². The summed E-state index contributed by atoms with van der Waals surface area (Å²) < 4.78 is 15.9. The topological polar surface area (TPSA) is 141 Å². The fraction of sp³-hybridized carbons (Fsp3) is 0.158. The van der Waals surface area contributed by atoms with Crippen molar-refractivity contribution in [3.05, 3.63) is 57.6 Å². The molecule has 4 amide bonds. The van der Waals surface area contributed by atoms with Gasteiger partial charge in [-0.05, 0) is 36.4 Å². The zero-order valence-corrected chi connectivity index (χ0v) is 17.2. The first-order valence-corrected chi connectivity index (χ1v) is 9.30. The van der Waals surface area contributed by atoms with Gasteiger partial charge in [0.2, 0.25) is 5.76 Å². The molecule has 1 aliphatic heterocycles. The molecular weight excluding hydrogens is 462 g/mol. The average molecular weight is 478 g/mol. The molecule has 10 nitrogen and oxygen atoms in total. The van der Waals surface area contributed by atoms with E-state index in [1.54, 1.807) is 18.2 Å². The number of carbonyl (C=O) groups excluding carboxylic acids is 4. The highest BCUT2D eigenvalue weighted by molar-refractivity contribution is 9.10. The molecule has 0 radical (unpaired) electrons. The summed E-state index contributed by atoms with van der Waals surface area (Å²) in [6.45, 7) is -0.520. The van der Waals surface area contributed by atoms with Crippen LogP contribution in [0.1, 0.15) is 21.9 Å². The Hall–Kier alpha value is -3.60. The molecule has 0 saturated carbocycles. The molecule has 1 aromatic carbocycles. The molecule has 0 bridgehead atoms. The third kappa shape index (κ3) is 4.69. The summed E-state index contributed by atoms with van der Waals surface area (Å²) in [6.07, 6.45) is 1.42. The molecule has 30 heavy (non-hydrogen) atoms. The lowest BCUT2D eigenvalue weighted by molar-refractivity contribution is -0.123. The van der Waals surface area contributed by atoms with E-state index in [-0.39, 0.29) is 30.4 Å². The maximum absolute atomic E-state index is 12.7. The molecule has 3 rings (SSSR count). The fourth-order valence-corrected chi connectivity index (χ4v) is 2.99. The van der Waals surface area contributed by atoms with Gasteiger partial charge in [-0.1, -0.05) is 15.9 Å². The fourth-order valence-electron chi connectivity index (χ4n) is 2.61. The number of esters is 1. The van der Waals surface area contributed by atoms with Crippen LogP contribution in [0, 0.1) is 0 Å². The molecule has 1 fully saturated rings. The lowest BCUT2D eigenvalue weighted by atomic mass is 10.1. The molecule has 156 valence electrons. The molecule has 11 heteroatoms. The summed E-state index contributed by atoms with van der Waals surface area (Å²) in [7, 11) is 1.21. The Morgan fingerprint density at radius 3 is 2.73 bits per heavy atom. The number of hydrogen-bond acceptors (Lipinski definition) is 7. The number of halogens is 1. The van der Waals surface area contributed by atoms with Gasteiger partial charge < -0.3 is 24.9 Å². The van der Waals surface area contributed by atoms with E-state index in [0.29, 0.717) is 15.8 Å². The second kappa shape index (κ2) is 8.82. The third-order valence-corrected chi connectivity index (χ3v) is 4.46. The maximum atomic E-state index is 12.7. The normalized spacial score (nSPS) is 14.7. The Labute approximate surface area is 178 Å². The first-order valence-electron chi connectivity index (χ1n) is 8.50. The number of nitrogens with one attached hydrogen (secondary N) is 1. The van der Waals surface area contributed by atoms with Gasteiger partial charge in [0.1, 0.15) is 17.2 Å². The number of benzene rings is 1. The van der Waals surface area contributed by atoms with E-state index >= 15 is 0 Å². The van der Waals surface area contributed by atoms with E-state index in [1.807, 2.05) is 0 Å². The second-order valence-electron chi connectivity index (χ2n) is 6.07. The Morgan fingerprint density at radius 2 is 2.03 bits per heavy atom. The van der Waals surface area contributed by atoms with Crippen molar-refractivity contribution in [2.24, 2.45) is 5.73 Å². The number of amides is 4. The molecule has 1 aliphatic rings. The molecule has 1 saturated heterocycles. The van der Waals surface area contributed by atoms with Gasteiger partial charge in [-0.15, -0.1) is 0 Å². The standard InChI is InChI=1S/C19H16BrN3O7/c1-28-18(26)15-5-3-12(30-15)8-23-17(25)13(22-19(23)27)7-10-6-11(20)2-4-14(10)29-9-16(21)24/h2-7H,8-9H2,1H3,(H2,21,24)(H,22,27)/b13-7-. The largest absolute Gasteiger partial charge is 0.483 e. The van der Waals surface area contributed by atoms with Gasteiger partial charge in [-0.2, -0.15) is 0 Å². The van der Waals surface area contributed by atoms with Gasteiger partial charge >= 0.3 is 12.0 Å². The van der Waals surface area contributed by atoms with Crippen LogP contribution < -0.4 is 15.8 Å².